The number of anilines is 1. The third-order valence-electron chi connectivity index (χ3n) is 11.5. The summed E-state index contributed by atoms with van der Waals surface area (Å²) < 4.78 is 56.3. The smallest absolute Gasteiger partial charge is 0.462 e. The number of halogens is 2. The fraction of sp³-hybridized carbons (Fsp3) is 0.844. The Bertz CT molecular complexity index is 1610. The summed E-state index contributed by atoms with van der Waals surface area (Å²) in [6.45, 7) is 2.71. The number of fused-ring (bicyclic) bond motifs is 1. The van der Waals surface area contributed by atoms with Crippen LogP contribution in [0.4, 0.5) is 10.2 Å². The summed E-state index contributed by atoms with van der Waals surface area (Å²) >= 11 is 5.93. The molecule has 3 heterocycles. The van der Waals surface area contributed by atoms with Crippen molar-refractivity contribution in [3.63, 3.8) is 0 Å². The predicted molar refractivity (Wildman–Crippen MR) is 243 cm³/mol. The molecular formula is C45H78ClFN5O10P. The molecule has 0 aliphatic carbocycles. The summed E-state index contributed by atoms with van der Waals surface area (Å²) in [5, 5.41) is 10.4. The lowest BCUT2D eigenvalue weighted by Crippen LogP contribution is -2.32. The Labute approximate surface area is 380 Å². The first kappa shape index (κ1) is 54.9. The predicted octanol–water partition coefficient (Wildman–Crippen LogP) is 11.2. The number of imidazole rings is 1. The maximum atomic E-state index is 15.3. The van der Waals surface area contributed by atoms with Gasteiger partial charge < -0.3 is 29.9 Å². The molecular weight excluding hydrogens is 856 g/mol. The maximum absolute atomic E-state index is 15.3. The number of nitrogens with zero attached hydrogens (tertiary/aromatic N) is 4. The maximum Gasteiger partial charge on any atom is 0.472 e. The Morgan fingerprint density at radius 1 is 0.778 bits per heavy atom. The van der Waals surface area contributed by atoms with Gasteiger partial charge in [0.15, 0.2) is 30.0 Å². The molecule has 6 atom stereocenters. The highest BCUT2D eigenvalue weighted by molar-refractivity contribution is 7.47. The van der Waals surface area contributed by atoms with Gasteiger partial charge in [-0.05, 0) is 24.4 Å². The van der Waals surface area contributed by atoms with E-state index < -0.39 is 63.7 Å². The monoisotopic (exact) mass is 934 g/mol. The van der Waals surface area contributed by atoms with Gasteiger partial charge in [-0.15, -0.1) is 0 Å². The molecule has 2 aromatic heterocycles. The SMILES string of the molecule is CCCCCCCCCCCCCCCC(=O)OC[C@H](COP(=O)(O)OC[C@H]1O[C@@H](n2cnc3c(N)nc(Cl)nc32)[C@@H](F)[C@@H]1O)OC(=O)CCCCCCCCCCCCCCC. The van der Waals surface area contributed by atoms with Crippen LogP contribution in [0, 0.1) is 0 Å². The molecule has 0 bridgehead atoms. The number of carbonyl (C=O) groups excluding carboxylic acids is 2. The first-order valence-electron chi connectivity index (χ1n) is 24.1. The largest absolute Gasteiger partial charge is 0.472 e. The number of aromatic nitrogens is 4. The number of hydrogen-bond acceptors (Lipinski definition) is 13. The summed E-state index contributed by atoms with van der Waals surface area (Å²) in [5.41, 5.74) is 6.05. The van der Waals surface area contributed by atoms with Crippen LogP contribution in [0.3, 0.4) is 0 Å². The normalized spacial score (nSPS) is 19.1. The van der Waals surface area contributed by atoms with Crippen molar-refractivity contribution in [3.05, 3.63) is 11.6 Å². The van der Waals surface area contributed by atoms with Gasteiger partial charge in [-0.1, -0.05) is 168 Å². The highest BCUT2D eigenvalue weighted by Crippen LogP contribution is 2.45. The molecule has 0 amide bonds. The zero-order valence-corrected chi connectivity index (χ0v) is 39.8. The lowest BCUT2D eigenvalue weighted by molar-refractivity contribution is -0.161. The van der Waals surface area contributed by atoms with E-state index in [1.807, 2.05) is 0 Å². The fourth-order valence-electron chi connectivity index (χ4n) is 7.74. The molecule has 2 aromatic rings. The average molecular weight is 935 g/mol. The lowest BCUT2D eigenvalue weighted by Gasteiger charge is -2.21. The van der Waals surface area contributed by atoms with Crippen molar-refractivity contribution in [2.24, 2.45) is 0 Å². The molecule has 4 N–H and O–H groups in total. The quantitative estimate of drug-likeness (QED) is 0.0248. The zero-order chi connectivity index (χ0) is 45.7. The number of ether oxygens (including phenoxy) is 3. The van der Waals surface area contributed by atoms with Gasteiger partial charge in [0.1, 0.15) is 24.3 Å². The number of nitrogens with two attached hydrogens (primary N) is 1. The number of phosphoric acid groups is 1. The van der Waals surface area contributed by atoms with E-state index in [2.05, 4.69) is 28.8 Å². The van der Waals surface area contributed by atoms with Crippen molar-refractivity contribution in [3.8, 4) is 0 Å². The Hall–Kier alpha value is -2.46. The summed E-state index contributed by atoms with van der Waals surface area (Å²) in [7, 11) is -4.88. The molecule has 1 aliphatic rings. The zero-order valence-electron chi connectivity index (χ0n) is 38.1. The van der Waals surface area contributed by atoms with Crippen molar-refractivity contribution in [2.45, 2.75) is 224 Å². The number of aliphatic hydroxyl groups excluding tert-OH is 1. The van der Waals surface area contributed by atoms with Crippen LogP contribution in [0.25, 0.3) is 11.2 Å². The van der Waals surface area contributed by atoms with Crippen LogP contribution in [0.1, 0.15) is 200 Å². The Balaban J connectivity index is 1.41. The molecule has 1 saturated heterocycles. The molecule has 1 fully saturated rings. The molecule has 0 aromatic carbocycles. The van der Waals surface area contributed by atoms with Gasteiger partial charge >= 0.3 is 19.8 Å². The van der Waals surface area contributed by atoms with Crippen LogP contribution in [-0.2, 0) is 37.4 Å². The Morgan fingerprint density at radius 2 is 1.25 bits per heavy atom. The number of nitrogen functional groups attached to an aromatic ring is 1. The minimum atomic E-state index is -4.88. The van der Waals surface area contributed by atoms with Crippen LogP contribution in [-0.4, -0.2) is 85.8 Å². The number of carbonyl (C=O) groups is 2. The summed E-state index contributed by atoms with van der Waals surface area (Å²) in [6, 6.07) is 0. The van der Waals surface area contributed by atoms with Gasteiger partial charge in [-0.3, -0.25) is 23.2 Å². The second-order valence-corrected chi connectivity index (χ2v) is 18.8. The standard InChI is InChI=1S/C45H78ClFN5O10P/c1-3-5-7-9-11-13-15-17-19-21-23-25-27-29-37(53)58-31-35(61-38(54)30-28-26-24-22-20-18-16-14-12-10-8-6-4-2)32-59-63(56,57)60-33-36-41(55)39(47)44(62-36)52-34-49-40-42(48)50-45(46)51-43(40)52/h34-36,39,41,44,55H,3-33H2,1-2H3,(H,56,57)(H2,48,50,51)/t35-,36-,39+,41-,44-/m1/s1. The number of unbranched alkanes of at least 4 members (excludes halogenated alkanes) is 24. The molecule has 362 valence electrons. The van der Waals surface area contributed by atoms with Crippen LogP contribution in [0.5, 0.6) is 0 Å². The third kappa shape index (κ3) is 22.5. The van der Waals surface area contributed by atoms with E-state index in [9.17, 15) is 24.2 Å². The van der Waals surface area contributed by atoms with Gasteiger partial charge in [0, 0.05) is 12.8 Å². The van der Waals surface area contributed by atoms with E-state index in [-0.39, 0.29) is 41.7 Å². The van der Waals surface area contributed by atoms with Crippen LogP contribution < -0.4 is 5.73 Å². The molecule has 1 unspecified atom stereocenters. The van der Waals surface area contributed by atoms with Crippen LogP contribution in [0.2, 0.25) is 5.28 Å². The molecule has 63 heavy (non-hydrogen) atoms. The van der Waals surface area contributed by atoms with Gasteiger partial charge in [0.2, 0.25) is 5.28 Å². The fourth-order valence-corrected chi connectivity index (χ4v) is 8.67. The average Bonchev–Trinajstić information content (AvgIpc) is 3.80. The van der Waals surface area contributed by atoms with Crippen LogP contribution >= 0.6 is 19.4 Å². The highest BCUT2D eigenvalue weighted by Gasteiger charge is 2.47. The van der Waals surface area contributed by atoms with E-state index in [1.54, 1.807) is 0 Å². The number of aliphatic hydroxyl groups is 1. The van der Waals surface area contributed by atoms with E-state index in [0.29, 0.717) is 12.8 Å². The molecule has 0 saturated carbocycles. The number of phosphoric ester groups is 1. The van der Waals surface area contributed by atoms with Crippen molar-refractivity contribution in [1.82, 2.24) is 19.5 Å². The highest BCUT2D eigenvalue weighted by atomic mass is 35.5. The summed E-state index contributed by atoms with van der Waals surface area (Å²) in [5.74, 6) is -1.05. The second-order valence-electron chi connectivity index (χ2n) is 17.0. The topological polar surface area (TPSA) is 207 Å². The number of hydrogen-bond donors (Lipinski definition) is 3. The van der Waals surface area contributed by atoms with Crippen molar-refractivity contribution >= 4 is 48.3 Å². The lowest BCUT2D eigenvalue weighted by atomic mass is 10.0. The van der Waals surface area contributed by atoms with E-state index in [0.717, 1.165) is 38.5 Å². The minimum Gasteiger partial charge on any atom is -0.462 e. The van der Waals surface area contributed by atoms with E-state index in [4.69, 9.17) is 40.6 Å². The van der Waals surface area contributed by atoms with Gasteiger partial charge in [0.25, 0.3) is 0 Å². The van der Waals surface area contributed by atoms with E-state index >= 15 is 4.39 Å². The summed E-state index contributed by atoms with van der Waals surface area (Å²) in [6.07, 6.45) is 24.1. The van der Waals surface area contributed by atoms with Gasteiger partial charge in [-0.25, -0.2) is 13.9 Å². The Morgan fingerprint density at radius 3 is 1.76 bits per heavy atom. The van der Waals surface area contributed by atoms with Crippen molar-refractivity contribution < 1.29 is 51.8 Å². The number of alkyl halides is 1. The summed E-state index contributed by atoms with van der Waals surface area (Å²) in [4.78, 5) is 48.0. The van der Waals surface area contributed by atoms with Gasteiger partial charge in [-0.2, -0.15) is 9.97 Å². The second kappa shape index (κ2) is 32.3. The van der Waals surface area contributed by atoms with Crippen LogP contribution in [0.15, 0.2) is 6.33 Å². The van der Waals surface area contributed by atoms with Crippen molar-refractivity contribution in [1.29, 1.82) is 0 Å². The molecule has 1 aliphatic heterocycles. The Kier molecular flexibility index (Phi) is 28.1. The third-order valence-corrected chi connectivity index (χ3v) is 12.6. The number of esters is 2. The molecule has 15 nitrogen and oxygen atoms in total. The molecule has 3 rings (SSSR count). The first-order chi connectivity index (χ1) is 30.5. The number of rotatable bonds is 38. The minimum absolute atomic E-state index is 0.0379. The molecule has 0 spiro atoms. The first-order valence-corrected chi connectivity index (χ1v) is 25.9. The molecule has 18 heteroatoms. The van der Waals surface area contributed by atoms with Crippen molar-refractivity contribution in [2.75, 3.05) is 25.6 Å². The molecule has 0 radical (unpaired) electrons. The van der Waals surface area contributed by atoms with E-state index in [1.165, 1.54) is 126 Å². The van der Waals surface area contributed by atoms with Gasteiger partial charge in [0.05, 0.1) is 19.5 Å².